The first-order valence-electron chi connectivity index (χ1n) is 5.58. The van der Waals surface area contributed by atoms with Crippen LogP contribution in [0.5, 0.6) is 0 Å². The van der Waals surface area contributed by atoms with Crippen LogP contribution in [0, 0.1) is 0 Å². The molecule has 1 aromatic rings. The Hall–Kier alpha value is -1.72. The van der Waals surface area contributed by atoms with E-state index in [1.165, 1.54) is 0 Å². The molecule has 1 N–H and O–H groups in total. The lowest BCUT2D eigenvalue weighted by Gasteiger charge is -2.26. The Morgan fingerprint density at radius 2 is 2.18 bits per heavy atom. The molecule has 0 saturated carbocycles. The minimum Gasteiger partial charge on any atom is -0.334 e. The predicted molar refractivity (Wildman–Crippen MR) is 64.2 cm³/mol. The first kappa shape index (κ1) is 11.8. The van der Waals surface area contributed by atoms with Crippen LogP contribution in [0.15, 0.2) is 30.3 Å². The molecule has 1 unspecified atom stereocenters. The van der Waals surface area contributed by atoms with Gasteiger partial charge in [0, 0.05) is 12.2 Å². The van der Waals surface area contributed by atoms with Crippen LogP contribution < -0.4 is 10.3 Å². The summed E-state index contributed by atoms with van der Waals surface area (Å²) < 4.78 is 0. The molecule has 1 saturated heterocycles. The SMILES string of the molecule is CCN1NCN(c2ccccc2)C1C(=O)C=O. The van der Waals surface area contributed by atoms with Crippen molar-refractivity contribution in [1.29, 1.82) is 0 Å². The van der Waals surface area contributed by atoms with Crippen LogP contribution in [0.2, 0.25) is 0 Å². The number of Topliss-reactive ketones (excluding diaryl/α,β-unsaturated/α-hetero) is 1. The van der Waals surface area contributed by atoms with E-state index in [0.717, 1.165) is 5.69 Å². The highest BCUT2D eigenvalue weighted by Gasteiger charge is 2.36. The number of ketones is 1. The summed E-state index contributed by atoms with van der Waals surface area (Å²) >= 11 is 0. The molecule has 0 aliphatic carbocycles. The molecule has 1 heterocycles. The summed E-state index contributed by atoms with van der Waals surface area (Å²) in [5, 5.41) is 1.77. The number of carbonyl (C=O) groups is 2. The number of anilines is 1. The lowest BCUT2D eigenvalue weighted by Crippen LogP contribution is -2.47. The molecule has 1 atom stereocenters. The highest BCUT2D eigenvalue weighted by molar-refractivity contribution is 6.28. The van der Waals surface area contributed by atoms with E-state index in [9.17, 15) is 9.59 Å². The van der Waals surface area contributed by atoms with Crippen LogP contribution >= 0.6 is 0 Å². The average Bonchev–Trinajstić information content (AvgIpc) is 2.82. The maximum absolute atomic E-state index is 11.7. The number of hydrazine groups is 1. The van der Waals surface area contributed by atoms with Gasteiger partial charge in [0.2, 0.25) is 5.78 Å². The van der Waals surface area contributed by atoms with Gasteiger partial charge in [-0.15, -0.1) is 0 Å². The average molecular weight is 233 g/mol. The van der Waals surface area contributed by atoms with Crippen molar-refractivity contribution in [2.24, 2.45) is 0 Å². The Morgan fingerprint density at radius 3 is 2.76 bits per heavy atom. The van der Waals surface area contributed by atoms with Crippen molar-refractivity contribution >= 4 is 17.8 Å². The second kappa shape index (κ2) is 5.07. The van der Waals surface area contributed by atoms with Crippen LogP contribution in [0.1, 0.15) is 6.92 Å². The molecule has 0 spiro atoms. The second-order valence-corrected chi connectivity index (χ2v) is 3.80. The van der Waals surface area contributed by atoms with Gasteiger partial charge >= 0.3 is 0 Å². The van der Waals surface area contributed by atoms with E-state index < -0.39 is 11.9 Å². The molecule has 1 aromatic carbocycles. The standard InChI is InChI=1S/C12H15N3O2/c1-2-15-12(11(17)8-16)14(9-13-15)10-6-4-3-5-7-10/h3-8,12-13H,2,9H2,1H3. The highest BCUT2D eigenvalue weighted by Crippen LogP contribution is 2.21. The van der Waals surface area contributed by atoms with Gasteiger partial charge in [0.15, 0.2) is 12.5 Å². The number of hydrogen-bond acceptors (Lipinski definition) is 5. The molecule has 90 valence electrons. The molecule has 2 rings (SSSR count). The van der Waals surface area contributed by atoms with E-state index >= 15 is 0 Å². The molecule has 0 bridgehead atoms. The van der Waals surface area contributed by atoms with E-state index in [-0.39, 0.29) is 0 Å². The van der Waals surface area contributed by atoms with Crippen molar-refractivity contribution < 1.29 is 9.59 Å². The van der Waals surface area contributed by atoms with Crippen molar-refractivity contribution in [2.45, 2.75) is 13.1 Å². The van der Waals surface area contributed by atoms with E-state index in [2.05, 4.69) is 5.43 Å². The fraction of sp³-hybridized carbons (Fsp3) is 0.333. The zero-order chi connectivity index (χ0) is 12.3. The molecule has 5 heteroatoms. The lowest BCUT2D eigenvalue weighted by molar-refractivity contribution is -0.133. The molecule has 0 amide bonds. The Labute approximate surface area is 100.0 Å². The molecular formula is C12H15N3O2. The van der Waals surface area contributed by atoms with E-state index in [1.54, 1.807) is 5.01 Å². The number of likely N-dealkylation sites (N-methyl/N-ethyl adjacent to an activating group) is 1. The number of carbonyl (C=O) groups excluding carboxylic acids is 2. The largest absolute Gasteiger partial charge is 0.334 e. The number of nitrogens with zero attached hydrogens (tertiary/aromatic N) is 2. The summed E-state index contributed by atoms with van der Waals surface area (Å²) in [6, 6.07) is 9.58. The summed E-state index contributed by atoms with van der Waals surface area (Å²) in [4.78, 5) is 24.3. The van der Waals surface area contributed by atoms with E-state index in [0.29, 0.717) is 19.5 Å². The minimum atomic E-state index is -0.542. The molecule has 0 radical (unpaired) electrons. The molecule has 5 nitrogen and oxygen atoms in total. The summed E-state index contributed by atoms with van der Waals surface area (Å²) in [7, 11) is 0. The zero-order valence-corrected chi connectivity index (χ0v) is 9.67. The van der Waals surface area contributed by atoms with Gasteiger partial charge in [-0.3, -0.25) is 9.59 Å². The van der Waals surface area contributed by atoms with Gasteiger partial charge in [-0.1, -0.05) is 25.1 Å². The third kappa shape index (κ3) is 2.20. The summed E-state index contributed by atoms with van der Waals surface area (Å²) in [5.41, 5.74) is 4.03. The van der Waals surface area contributed by atoms with Crippen LogP contribution in [0.25, 0.3) is 0 Å². The Balaban J connectivity index is 2.28. The quantitative estimate of drug-likeness (QED) is 0.602. The van der Waals surface area contributed by atoms with Crippen LogP contribution in [0.3, 0.4) is 0 Å². The predicted octanol–water partition coefficient (Wildman–Crippen LogP) is 0.385. The maximum Gasteiger partial charge on any atom is 0.233 e. The number of hydrogen-bond donors (Lipinski definition) is 1. The monoisotopic (exact) mass is 233 g/mol. The Kier molecular flexibility index (Phi) is 3.51. The fourth-order valence-corrected chi connectivity index (χ4v) is 2.01. The summed E-state index contributed by atoms with van der Waals surface area (Å²) in [6.07, 6.45) is -0.157. The molecule has 1 aliphatic rings. The molecule has 17 heavy (non-hydrogen) atoms. The van der Waals surface area contributed by atoms with Crippen LogP contribution in [0.4, 0.5) is 5.69 Å². The Bertz CT molecular complexity index is 407. The summed E-state index contributed by atoms with van der Waals surface area (Å²) in [5.74, 6) is -0.430. The second-order valence-electron chi connectivity index (χ2n) is 3.80. The van der Waals surface area contributed by atoms with Crippen molar-refractivity contribution in [3.63, 3.8) is 0 Å². The van der Waals surface area contributed by atoms with Crippen LogP contribution in [-0.4, -0.2) is 36.5 Å². The van der Waals surface area contributed by atoms with Gasteiger partial charge in [0.1, 0.15) is 0 Å². The molecule has 1 aliphatic heterocycles. The topological polar surface area (TPSA) is 52.6 Å². The normalized spacial score (nSPS) is 20.5. The van der Waals surface area contributed by atoms with E-state index in [4.69, 9.17) is 0 Å². The van der Waals surface area contributed by atoms with Gasteiger partial charge in [0.25, 0.3) is 0 Å². The van der Waals surface area contributed by atoms with Gasteiger partial charge in [-0.2, -0.15) is 0 Å². The van der Waals surface area contributed by atoms with Crippen LogP contribution in [-0.2, 0) is 9.59 Å². The Morgan fingerprint density at radius 1 is 1.47 bits per heavy atom. The lowest BCUT2D eigenvalue weighted by atomic mass is 10.2. The summed E-state index contributed by atoms with van der Waals surface area (Å²) in [6.45, 7) is 3.13. The zero-order valence-electron chi connectivity index (χ0n) is 9.67. The number of nitrogens with one attached hydrogen (secondary N) is 1. The molecular weight excluding hydrogens is 218 g/mol. The third-order valence-electron chi connectivity index (χ3n) is 2.83. The smallest absolute Gasteiger partial charge is 0.233 e. The van der Waals surface area contributed by atoms with Crippen molar-refractivity contribution in [2.75, 3.05) is 18.1 Å². The first-order valence-corrected chi connectivity index (χ1v) is 5.58. The third-order valence-corrected chi connectivity index (χ3v) is 2.83. The minimum absolute atomic E-state index is 0.385. The fourth-order valence-electron chi connectivity index (χ4n) is 2.01. The van der Waals surface area contributed by atoms with E-state index in [1.807, 2.05) is 42.2 Å². The number of benzene rings is 1. The van der Waals surface area contributed by atoms with Crippen molar-refractivity contribution in [1.82, 2.24) is 10.4 Å². The number of para-hydroxylation sites is 1. The molecule has 0 aromatic heterocycles. The highest BCUT2D eigenvalue weighted by atomic mass is 16.2. The van der Waals surface area contributed by atoms with Gasteiger partial charge in [-0.05, 0) is 12.1 Å². The van der Waals surface area contributed by atoms with Gasteiger partial charge in [-0.25, -0.2) is 10.4 Å². The van der Waals surface area contributed by atoms with Crippen molar-refractivity contribution in [3.8, 4) is 0 Å². The number of rotatable bonds is 4. The maximum atomic E-state index is 11.7. The van der Waals surface area contributed by atoms with Crippen molar-refractivity contribution in [3.05, 3.63) is 30.3 Å². The molecule has 1 fully saturated rings. The number of aldehydes is 1. The first-order chi connectivity index (χ1) is 8.27. The van der Waals surface area contributed by atoms with Gasteiger partial charge < -0.3 is 4.90 Å². The van der Waals surface area contributed by atoms with Gasteiger partial charge in [0.05, 0.1) is 6.67 Å².